The summed E-state index contributed by atoms with van der Waals surface area (Å²) in [6.45, 7) is 0.240. The third kappa shape index (κ3) is 6.13. The zero-order chi connectivity index (χ0) is 33.7. The van der Waals surface area contributed by atoms with Crippen LogP contribution < -0.4 is 5.32 Å². The number of carbonyl (C=O) groups excluding carboxylic acids is 2. The summed E-state index contributed by atoms with van der Waals surface area (Å²) in [5, 5.41) is 14.9. The summed E-state index contributed by atoms with van der Waals surface area (Å²) in [5.74, 6) is -7.33. The second-order valence-electron chi connectivity index (χ2n) is 12.1. The Morgan fingerprint density at radius 2 is 1.68 bits per heavy atom. The van der Waals surface area contributed by atoms with Gasteiger partial charge in [0.25, 0.3) is 5.91 Å². The number of nitrogens with one attached hydrogen (secondary N) is 1. The number of sulfone groups is 1. The van der Waals surface area contributed by atoms with E-state index in [-0.39, 0.29) is 46.1 Å². The van der Waals surface area contributed by atoms with Gasteiger partial charge in [-0.15, -0.1) is 5.06 Å². The number of aliphatic hydroxyl groups is 1. The smallest absolute Gasteiger partial charge is 0.338 e. The second kappa shape index (κ2) is 12.6. The third-order valence-electron chi connectivity index (χ3n) is 9.18. The Morgan fingerprint density at radius 1 is 1.04 bits per heavy atom. The first-order chi connectivity index (χ1) is 22.3. The lowest BCUT2D eigenvalue weighted by atomic mass is 9.71. The number of methoxy groups -OCH3 is 1. The maximum atomic E-state index is 14.2. The fourth-order valence-corrected chi connectivity index (χ4v) is 10.1. The van der Waals surface area contributed by atoms with Crippen molar-refractivity contribution in [3.8, 4) is 0 Å². The minimum Gasteiger partial charge on any atom is -0.466 e. The molecule has 6 rings (SSSR count). The van der Waals surface area contributed by atoms with Gasteiger partial charge in [-0.1, -0.05) is 41.9 Å². The molecule has 9 nitrogen and oxygen atoms in total. The fourth-order valence-electron chi connectivity index (χ4n) is 7.27. The quantitative estimate of drug-likeness (QED) is 0.232. The van der Waals surface area contributed by atoms with Gasteiger partial charge in [-0.05, 0) is 61.3 Å². The van der Waals surface area contributed by atoms with Crippen LogP contribution in [0.5, 0.6) is 0 Å². The molecule has 2 N–H and O–H groups in total. The zero-order valence-electron chi connectivity index (χ0n) is 25.0. The van der Waals surface area contributed by atoms with E-state index in [1.165, 1.54) is 30.6 Å². The van der Waals surface area contributed by atoms with E-state index in [0.29, 0.717) is 25.0 Å². The van der Waals surface area contributed by atoms with Gasteiger partial charge in [0.1, 0.15) is 12.3 Å². The average molecular weight is 691 g/mol. The molecule has 2 fully saturated rings. The highest BCUT2D eigenvalue weighted by molar-refractivity contribution is 7.92. The van der Waals surface area contributed by atoms with Gasteiger partial charge in [0, 0.05) is 23.4 Å². The first kappa shape index (κ1) is 33.0. The molecule has 3 atom stereocenters. The van der Waals surface area contributed by atoms with Crippen LogP contribution in [-0.2, 0) is 30.8 Å². The molecule has 1 aliphatic heterocycles. The first-order valence-electron chi connectivity index (χ1n) is 14.8. The molecule has 1 amide bonds. The minimum absolute atomic E-state index is 0.0283. The summed E-state index contributed by atoms with van der Waals surface area (Å²) in [5.41, 5.74) is -1.09. The second-order valence-corrected chi connectivity index (χ2v) is 14.6. The lowest BCUT2D eigenvalue weighted by Crippen LogP contribution is -2.57. The fraction of sp³-hybridized carbons (Fsp3) is 0.333. The van der Waals surface area contributed by atoms with Crippen molar-refractivity contribution < 1.29 is 45.9 Å². The predicted octanol–water partition coefficient (Wildman–Crippen LogP) is 5.58. The molecule has 1 heterocycles. The van der Waals surface area contributed by atoms with Crippen LogP contribution in [0, 0.1) is 29.3 Å². The van der Waals surface area contributed by atoms with E-state index < -0.39 is 67.9 Å². The Bertz CT molecular complexity index is 1840. The van der Waals surface area contributed by atoms with Crippen LogP contribution in [0.15, 0.2) is 77.4 Å². The van der Waals surface area contributed by atoms with Crippen molar-refractivity contribution in [2.45, 2.75) is 54.0 Å². The van der Waals surface area contributed by atoms with Crippen LogP contribution in [0.25, 0.3) is 0 Å². The van der Waals surface area contributed by atoms with Crippen molar-refractivity contribution in [2.24, 2.45) is 11.8 Å². The molecule has 3 aromatic rings. The van der Waals surface area contributed by atoms with E-state index >= 15 is 0 Å². The van der Waals surface area contributed by atoms with E-state index in [4.69, 9.17) is 21.2 Å². The summed E-state index contributed by atoms with van der Waals surface area (Å²) in [7, 11) is -2.96. The highest BCUT2D eigenvalue weighted by atomic mass is 35.5. The number of esters is 1. The largest absolute Gasteiger partial charge is 0.466 e. The molecular formula is C33H30ClF3N2O7S. The molecule has 47 heavy (non-hydrogen) atoms. The van der Waals surface area contributed by atoms with Crippen LogP contribution in [0.1, 0.15) is 41.6 Å². The number of fused-ring (bicyclic) bond motifs is 2. The van der Waals surface area contributed by atoms with Crippen molar-refractivity contribution in [1.82, 2.24) is 5.06 Å². The van der Waals surface area contributed by atoms with Crippen LogP contribution in [-0.4, -0.2) is 54.5 Å². The van der Waals surface area contributed by atoms with E-state index in [1.807, 2.05) is 30.3 Å². The highest BCUT2D eigenvalue weighted by Crippen LogP contribution is 2.54. The zero-order valence-corrected chi connectivity index (χ0v) is 26.5. The summed E-state index contributed by atoms with van der Waals surface area (Å²) in [6.07, 6.45) is 2.29. The number of amides is 1. The maximum Gasteiger partial charge on any atom is 0.338 e. The summed E-state index contributed by atoms with van der Waals surface area (Å²) in [6, 6.07) is 13.2. The van der Waals surface area contributed by atoms with Gasteiger partial charge in [-0.3, -0.25) is 4.79 Å². The number of hydrogen-bond acceptors (Lipinski definition) is 8. The van der Waals surface area contributed by atoms with Crippen LogP contribution in [0.4, 0.5) is 18.9 Å². The molecule has 2 bridgehead atoms. The van der Waals surface area contributed by atoms with Crippen molar-refractivity contribution in [2.75, 3.05) is 12.4 Å². The van der Waals surface area contributed by atoms with Gasteiger partial charge in [-0.2, -0.15) is 0 Å². The molecule has 2 aliphatic carbocycles. The van der Waals surface area contributed by atoms with Crippen molar-refractivity contribution in [3.05, 3.63) is 106 Å². The number of hydrogen-bond donors (Lipinski definition) is 2. The topological polar surface area (TPSA) is 122 Å². The summed E-state index contributed by atoms with van der Waals surface area (Å²) < 4.78 is 74.2. The van der Waals surface area contributed by atoms with Crippen LogP contribution in [0.2, 0.25) is 5.02 Å². The average Bonchev–Trinajstić information content (AvgIpc) is 3.59. The van der Waals surface area contributed by atoms with Crippen LogP contribution in [0.3, 0.4) is 0 Å². The SMILES string of the molecule is COC(=O)C1=CON(Cc2ccccc2)[C@H]1[C@]1(O)CC2CCC(C1)[C@H]2S(=O)(=O)c1cc(C(=O)Nc2cc(F)c(F)c(F)c2)ccc1Cl. The van der Waals surface area contributed by atoms with Gasteiger partial charge < -0.3 is 20.0 Å². The number of halogens is 4. The molecule has 0 saturated heterocycles. The maximum absolute atomic E-state index is 14.2. The van der Waals surface area contributed by atoms with E-state index in [2.05, 4.69) is 5.32 Å². The lowest BCUT2D eigenvalue weighted by molar-refractivity contribution is -0.180. The first-order valence-corrected chi connectivity index (χ1v) is 16.7. The predicted molar refractivity (Wildman–Crippen MR) is 164 cm³/mol. The standard InChI is InChI=1S/C33H30ClF3N2O7S/c1-45-32(41)23-17-46-39(16-18-5-3-2-4-6-18)30(23)33(42)14-20-7-8-21(15-33)29(20)47(43,44)27-11-19(9-10-24(27)34)31(40)38-22-12-25(35)28(37)26(36)13-22/h2-6,9-13,17,20-21,29-30,42H,7-8,14-16H2,1H3,(H,38,40)/t20?,21?,29-,30-,33-/m1/s1. The molecule has 14 heteroatoms. The van der Waals surface area contributed by atoms with E-state index in [0.717, 1.165) is 11.6 Å². The normalized spacial score (nSPS) is 25.6. The Labute approximate surface area is 273 Å². The number of ether oxygens (including phenoxy) is 1. The molecule has 3 aromatic carbocycles. The molecule has 2 unspecified atom stereocenters. The number of carbonyl (C=O) groups is 2. The molecule has 0 spiro atoms. The monoisotopic (exact) mass is 690 g/mol. The summed E-state index contributed by atoms with van der Waals surface area (Å²) in [4.78, 5) is 31.2. The Kier molecular flexibility index (Phi) is 8.85. The summed E-state index contributed by atoms with van der Waals surface area (Å²) >= 11 is 6.38. The van der Waals surface area contributed by atoms with E-state index in [9.17, 15) is 36.3 Å². The molecule has 2 saturated carbocycles. The van der Waals surface area contributed by atoms with Gasteiger partial charge in [-0.25, -0.2) is 26.4 Å². The molecule has 0 radical (unpaired) electrons. The van der Waals surface area contributed by atoms with Crippen molar-refractivity contribution in [1.29, 1.82) is 0 Å². The van der Waals surface area contributed by atoms with Gasteiger partial charge in [0.2, 0.25) is 0 Å². The minimum atomic E-state index is -4.19. The Balaban J connectivity index is 1.26. The van der Waals surface area contributed by atoms with Crippen LogP contribution >= 0.6 is 11.6 Å². The molecular weight excluding hydrogens is 661 g/mol. The van der Waals surface area contributed by atoms with Crippen molar-refractivity contribution in [3.63, 3.8) is 0 Å². The van der Waals surface area contributed by atoms with E-state index in [1.54, 1.807) is 0 Å². The van der Waals surface area contributed by atoms with Gasteiger partial charge >= 0.3 is 5.97 Å². The molecule has 0 aromatic heterocycles. The number of hydroxylamine groups is 2. The number of nitrogens with zero attached hydrogens (tertiary/aromatic N) is 1. The lowest BCUT2D eigenvalue weighted by Gasteiger charge is -2.46. The number of anilines is 1. The Hall–Kier alpha value is -3.91. The van der Waals surface area contributed by atoms with Crippen molar-refractivity contribution >= 4 is 39.0 Å². The van der Waals surface area contributed by atoms with Gasteiger partial charge in [0.05, 0.1) is 40.0 Å². The highest BCUT2D eigenvalue weighted by Gasteiger charge is 2.60. The Morgan fingerprint density at radius 3 is 2.30 bits per heavy atom. The molecule has 3 aliphatic rings. The molecule has 248 valence electrons. The number of rotatable bonds is 8. The number of benzene rings is 3. The van der Waals surface area contributed by atoms with Gasteiger partial charge in [0.15, 0.2) is 27.3 Å². The third-order valence-corrected chi connectivity index (χ3v) is 12.1.